The second-order valence-electron chi connectivity index (χ2n) is 7.90. The molecule has 1 aliphatic rings. The highest BCUT2D eigenvalue weighted by atomic mass is 32.1. The van der Waals surface area contributed by atoms with Crippen LogP contribution in [0.15, 0.2) is 58.3 Å². The minimum absolute atomic E-state index is 0.0869. The Morgan fingerprint density at radius 2 is 1.91 bits per heavy atom. The number of carbonyl (C=O) groups excluding carboxylic acids is 2. The number of nitrogens with zero attached hydrogens (tertiary/aromatic N) is 3. The fourth-order valence-electron chi connectivity index (χ4n) is 3.87. The Bertz CT molecular complexity index is 1160. The Kier molecular flexibility index (Phi) is 7.77. The molecule has 0 saturated carbocycles. The lowest BCUT2D eigenvalue weighted by atomic mass is 10.1. The van der Waals surface area contributed by atoms with Crippen molar-refractivity contribution in [2.24, 2.45) is 5.10 Å². The van der Waals surface area contributed by atoms with Crippen molar-refractivity contribution >= 4 is 40.2 Å². The minimum atomic E-state index is -0.237. The molecule has 0 spiro atoms. The molecule has 1 aliphatic heterocycles. The average molecular weight is 498 g/mol. The molecule has 2 aromatic heterocycles. The zero-order chi connectivity index (χ0) is 24.1. The molecule has 0 N–H and O–H groups in total. The summed E-state index contributed by atoms with van der Waals surface area (Å²) in [6.45, 7) is 2.59. The van der Waals surface area contributed by atoms with Crippen molar-refractivity contribution in [2.45, 2.75) is 19.4 Å². The predicted molar refractivity (Wildman–Crippen MR) is 135 cm³/mol. The quantitative estimate of drug-likeness (QED) is 0.433. The molecular formula is C25H27N3O4S2. The van der Waals surface area contributed by atoms with Crippen molar-refractivity contribution in [1.29, 1.82) is 0 Å². The lowest BCUT2D eigenvalue weighted by molar-refractivity contribution is -0.133. The summed E-state index contributed by atoms with van der Waals surface area (Å²) in [6.07, 6.45) is 0.651. The van der Waals surface area contributed by atoms with Gasteiger partial charge in [-0.25, -0.2) is 5.01 Å². The number of amides is 2. The third-order valence-electron chi connectivity index (χ3n) is 5.69. The van der Waals surface area contributed by atoms with Crippen molar-refractivity contribution in [1.82, 2.24) is 9.91 Å². The summed E-state index contributed by atoms with van der Waals surface area (Å²) >= 11 is 3.24. The summed E-state index contributed by atoms with van der Waals surface area (Å²) in [5.41, 5.74) is 2.52. The minimum Gasteiger partial charge on any atom is -0.497 e. The van der Waals surface area contributed by atoms with Gasteiger partial charge in [-0.3, -0.25) is 9.59 Å². The number of hydrogen-bond acceptors (Lipinski definition) is 7. The Hall–Kier alpha value is -3.01. The van der Waals surface area contributed by atoms with Crippen LogP contribution in [0, 0.1) is 6.92 Å². The van der Waals surface area contributed by atoms with E-state index in [1.54, 1.807) is 66.2 Å². The molecule has 0 aliphatic carbocycles. The Morgan fingerprint density at radius 1 is 1.12 bits per heavy atom. The fourth-order valence-corrected chi connectivity index (χ4v) is 5.60. The highest BCUT2D eigenvalue weighted by molar-refractivity contribution is 7.12. The van der Waals surface area contributed by atoms with Gasteiger partial charge < -0.3 is 14.4 Å². The molecular weight excluding hydrogens is 470 g/mol. The van der Waals surface area contributed by atoms with Gasteiger partial charge in [-0.15, -0.1) is 22.7 Å². The fraction of sp³-hybridized carbons (Fsp3) is 0.320. The van der Waals surface area contributed by atoms with Gasteiger partial charge >= 0.3 is 0 Å². The number of rotatable bonds is 9. The van der Waals surface area contributed by atoms with Gasteiger partial charge in [0.25, 0.3) is 11.8 Å². The maximum Gasteiger partial charge on any atom is 0.262 e. The maximum atomic E-state index is 13.6. The van der Waals surface area contributed by atoms with Gasteiger partial charge in [0, 0.05) is 30.5 Å². The van der Waals surface area contributed by atoms with Gasteiger partial charge in [-0.2, -0.15) is 5.10 Å². The molecule has 1 unspecified atom stereocenters. The summed E-state index contributed by atoms with van der Waals surface area (Å²) < 4.78 is 10.4. The van der Waals surface area contributed by atoms with E-state index in [2.05, 4.69) is 13.0 Å². The molecule has 0 fully saturated rings. The first-order valence-electron chi connectivity index (χ1n) is 10.9. The van der Waals surface area contributed by atoms with E-state index in [1.807, 2.05) is 22.9 Å². The van der Waals surface area contributed by atoms with Gasteiger partial charge in [0.1, 0.15) is 12.3 Å². The number of thiophene rings is 2. The van der Waals surface area contributed by atoms with Crippen LogP contribution in [-0.4, -0.2) is 61.4 Å². The molecule has 7 nitrogen and oxygen atoms in total. The van der Waals surface area contributed by atoms with Gasteiger partial charge in [0.05, 0.1) is 30.3 Å². The first-order valence-corrected chi connectivity index (χ1v) is 12.7. The highest BCUT2D eigenvalue weighted by Gasteiger charge is 2.36. The number of ether oxygens (including phenoxy) is 2. The molecule has 3 aromatic rings. The second kappa shape index (κ2) is 10.9. The predicted octanol–water partition coefficient (Wildman–Crippen LogP) is 4.59. The van der Waals surface area contributed by atoms with E-state index in [1.165, 1.54) is 4.90 Å². The summed E-state index contributed by atoms with van der Waals surface area (Å²) in [6, 6.07) is 12.8. The van der Waals surface area contributed by atoms with Crippen LogP contribution in [0.5, 0.6) is 5.75 Å². The third-order valence-corrected chi connectivity index (χ3v) is 7.73. The molecule has 0 radical (unpaired) electrons. The molecule has 1 aromatic carbocycles. The van der Waals surface area contributed by atoms with Crippen LogP contribution in [0.2, 0.25) is 0 Å². The summed E-state index contributed by atoms with van der Waals surface area (Å²) in [5, 5.41) is 10.3. The van der Waals surface area contributed by atoms with Gasteiger partial charge in [-0.1, -0.05) is 6.07 Å². The summed E-state index contributed by atoms with van der Waals surface area (Å²) in [5.74, 6) is 0.207. The van der Waals surface area contributed by atoms with E-state index in [0.29, 0.717) is 30.9 Å². The third kappa shape index (κ3) is 5.22. The highest BCUT2D eigenvalue weighted by Crippen LogP contribution is 2.38. The van der Waals surface area contributed by atoms with E-state index in [0.717, 1.165) is 21.0 Å². The lowest BCUT2D eigenvalue weighted by Crippen LogP contribution is -2.42. The first kappa shape index (κ1) is 24.1. The Labute approximate surface area is 207 Å². The SMILES string of the molecule is COCCN(CC(=O)N1N=C(c2cccs2)CC1c1sccc1C)C(=O)c1ccc(OC)cc1. The van der Waals surface area contributed by atoms with E-state index in [9.17, 15) is 9.59 Å². The summed E-state index contributed by atoms with van der Waals surface area (Å²) in [4.78, 5) is 30.5. The number of methoxy groups -OCH3 is 2. The van der Waals surface area contributed by atoms with Crippen molar-refractivity contribution < 1.29 is 19.1 Å². The summed E-state index contributed by atoms with van der Waals surface area (Å²) in [7, 11) is 3.15. The van der Waals surface area contributed by atoms with Crippen LogP contribution in [0.1, 0.15) is 38.1 Å². The number of benzene rings is 1. The van der Waals surface area contributed by atoms with Crippen LogP contribution in [-0.2, 0) is 9.53 Å². The van der Waals surface area contributed by atoms with Crippen LogP contribution in [0.4, 0.5) is 0 Å². The van der Waals surface area contributed by atoms with E-state index in [-0.39, 0.29) is 24.4 Å². The van der Waals surface area contributed by atoms with Crippen molar-refractivity contribution in [3.8, 4) is 5.75 Å². The van der Waals surface area contributed by atoms with Crippen LogP contribution in [0.25, 0.3) is 0 Å². The van der Waals surface area contributed by atoms with Gasteiger partial charge in [0.2, 0.25) is 0 Å². The van der Waals surface area contributed by atoms with Crippen LogP contribution in [0.3, 0.4) is 0 Å². The average Bonchev–Trinajstić information content (AvgIpc) is 3.61. The largest absolute Gasteiger partial charge is 0.497 e. The van der Waals surface area contributed by atoms with Gasteiger partial charge in [-0.05, 0) is 59.6 Å². The monoisotopic (exact) mass is 497 g/mol. The normalized spacial score (nSPS) is 15.3. The molecule has 9 heteroatoms. The Morgan fingerprint density at radius 3 is 2.53 bits per heavy atom. The molecule has 178 valence electrons. The molecule has 0 bridgehead atoms. The Balaban J connectivity index is 1.58. The number of aryl methyl sites for hydroxylation is 1. The molecule has 0 saturated heterocycles. The topological polar surface area (TPSA) is 71.4 Å². The molecule has 4 rings (SSSR count). The maximum absolute atomic E-state index is 13.6. The van der Waals surface area contributed by atoms with Crippen molar-refractivity contribution in [2.75, 3.05) is 33.9 Å². The van der Waals surface area contributed by atoms with Gasteiger partial charge in [0.15, 0.2) is 0 Å². The molecule has 3 heterocycles. The number of hydrazone groups is 1. The standard InChI is InChI=1S/C25H27N3O4S2/c1-17-10-14-34-24(17)21-15-20(22-5-4-13-33-22)26-28(21)23(29)16-27(11-12-31-2)25(30)18-6-8-19(32-3)9-7-18/h4-10,13-14,21H,11-12,15-16H2,1-3H3. The molecule has 1 atom stereocenters. The zero-order valence-corrected chi connectivity index (χ0v) is 21.0. The van der Waals surface area contributed by atoms with E-state index >= 15 is 0 Å². The zero-order valence-electron chi connectivity index (χ0n) is 19.4. The van der Waals surface area contributed by atoms with Crippen LogP contribution < -0.4 is 4.74 Å². The lowest BCUT2D eigenvalue weighted by Gasteiger charge is -2.27. The smallest absolute Gasteiger partial charge is 0.262 e. The molecule has 34 heavy (non-hydrogen) atoms. The molecule has 2 amide bonds. The van der Waals surface area contributed by atoms with E-state index < -0.39 is 0 Å². The number of hydrogen-bond donors (Lipinski definition) is 0. The number of carbonyl (C=O) groups is 2. The first-order chi connectivity index (χ1) is 16.5. The van der Waals surface area contributed by atoms with Crippen molar-refractivity contribution in [3.05, 3.63) is 74.1 Å². The van der Waals surface area contributed by atoms with Crippen molar-refractivity contribution in [3.63, 3.8) is 0 Å². The second-order valence-corrected chi connectivity index (χ2v) is 9.79. The van der Waals surface area contributed by atoms with Crippen LogP contribution >= 0.6 is 22.7 Å². The van der Waals surface area contributed by atoms with E-state index in [4.69, 9.17) is 14.6 Å².